The molecule has 1 heterocycles. The summed E-state index contributed by atoms with van der Waals surface area (Å²) in [5.41, 5.74) is 0.458. The predicted octanol–water partition coefficient (Wildman–Crippen LogP) is 2.27. The highest BCUT2D eigenvalue weighted by Crippen LogP contribution is 2.40. The number of methoxy groups -OCH3 is 2. The molecule has 1 fully saturated rings. The molecule has 2 rings (SSSR count). The van der Waals surface area contributed by atoms with Gasteiger partial charge >= 0.3 is 0 Å². The summed E-state index contributed by atoms with van der Waals surface area (Å²) >= 11 is 3.35. The lowest BCUT2D eigenvalue weighted by Crippen LogP contribution is -2.34. The largest absolute Gasteiger partial charge is 0.493 e. The highest BCUT2D eigenvalue weighted by Gasteiger charge is 2.26. The molecule has 1 aromatic carbocycles. The average molecular weight is 320 g/mol. The standard InChI is InChI=1S/C12H15BrFNO3/c1-16-8-5-7(13)10(11(14)12(8)17-2)9-6-15-3-4-18-9/h5,9,15H,3-4,6H2,1-2H3. The summed E-state index contributed by atoms with van der Waals surface area (Å²) < 4.78 is 30.8. The lowest BCUT2D eigenvalue weighted by Gasteiger charge is -2.26. The maximum atomic E-state index is 14.4. The summed E-state index contributed by atoms with van der Waals surface area (Å²) in [6.07, 6.45) is -0.326. The number of ether oxygens (including phenoxy) is 3. The van der Waals surface area contributed by atoms with Crippen LogP contribution < -0.4 is 14.8 Å². The first kappa shape index (κ1) is 13.6. The van der Waals surface area contributed by atoms with Crippen LogP contribution in [0.25, 0.3) is 0 Å². The van der Waals surface area contributed by atoms with E-state index in [1.807, 2.05) is 0 Å². The lowest BCUT2D eigenvalue weighted by molar-refractivity contribution is 0.0247. The van der Waals surface area contributed by atoms with Gasteiger partial charge in [0.25, 0.3) is 0 Å². The minimum Gasteiger partial charge on any atom is -0.493 e. The second-order valence-electron chi connectivity index (χ2n) is 3.89. The monoisotopic (exact) mass is 319 g/mol. The zero-order valence-corrected chi connectivity index (χ0v) is 11.8. The minimum atomic E-state index is -0.447. The van der Waals surface area contributed by atoms with Crippen LogP contribution >= 0.6 is 15.9 Å². The maximum absolute atomic E-state index is 14.4. The molecular weight excluding hydrogens is 305 g/mol. The Kier molecular flexibility index (Phi) is 4.42. The van der Waals surface area contributed by atoms with Crippen LogP contribution in [0, 0.1) is 5.82 Å². The van der Waals surface area contributed by atoms with Gasteiger partial charge < -0.3 is 19.5 Å². The van der Waals surface area contributed by atoms with Crippen molar-refractivity contribution >= 4 is 15.9 Å². The molecule has 1 atom stereocenters. The van der Waals surface area contributed by atoms with Gasteiger partial charge in [0.2, 0.25) is 0 Å². The minimum absolute atomic E-state index is 0.102. The summed E-state index contributed by atoms with van der Waals surface area (Å²) in [5, 5.41) is 3.17. The number of morpholine rings is 1. The van der Waals surface area contributed by atoms with Crippen molar-refractivity contribution in [2.45, 2.75) is 6.10 Å². The van der Waals surface area contributed by atoms with Crippen molar-refractivity contribution in [1.29, 1.82) is 0 Å². The van der Waals surface area contributed by atoms with Crippen LogP contribution in [-0.4, -0.2) is 33.9 Å². The summed E-state index contributed by atoms with van der Waals surface area (Å²) in [6.45, 7) is 1.92. The predicted molar refractivity (Wildman–Crippen MR) is 68.8 cm³/mol. The third kappa shape index (κ3) is 2.46. The fourth-order valence-corrected chi connectivity index (χ4v) is 2.62. The average Bonchev–Trinajstić information content (AvgIpc) is 2.39. The molecule has 1 unspecified atom stereocenters. The molecule has 0 saturated carbocycles. The Hall–Kier alpha value is -0.850. The Morgan fingerprint density at radius 2 is 2.22 bits per heavy atom. The SMILES string of the molecule is COc1cc(Br)c(C2CNCCO2)c(F)c1OC. The number of rotatable bonds is 3. The van der Waals surface area contributed by atoms with Crippen LogP contribution in [0.3, 0.4) is 0 Å². The lowest BCUT2D eigenvalue weighted by atomic mass is 10.1. The van der Waals surface area contributed by atoms with Gasteiger partial charge in [0, 0.05) is 23.1 Å². The molecule has 0 aromatic heterocycles. The van der Waals surface area contributed by atoms with Crippen LogP contribution in [-0.2, 0) is 4.74 Å². The van der Waals surface area contributed by atoms with Gasteiger partial charge in [-0.2, -0.15) is 0 Å². The first-order valence-corrected chi connectivity index (χ1v) is 6.40. The normalized spacial score (nSPS) is 19.7. The Bertz CT molecular complexity index is 436. The first-order chi connectivity index (χ1) is 8.69. The van der Waals surface area contributed by atoms with Crippen LogP contribution in [0.15, 0.2) is 10.5 Å². The Balaban J connectivity index is 2.46. The fraction of sp³-hybridized carbons (Fsp3) is 0.500. The van der Waals surface area contributed by atoms with E-state index >= 15 is 0 Å². The van der Waals surface area contributed by atoms with Crippen molar-refractivity contribution in [3.05, 3.63) is 21.9 Å². The van der Waals surface area contributed by atoms with Crippen molar-refractivity contribution in [3.63, 3.8) is 0 Å². The van der Waals surface area contributed by atoms with Crippen LogP contribution in [0.5, 0.6) is 11.5 Å². The third-order valence-corrected chi connectivity index (χ3v) is 3.50. The van der Waals surface area contributed by atoms with Gasteiger partial charge in [0.15, 0.2) is 17.3 Å². The maximum Gasteiger partial charge on any atom is 0.197 e. The van der Waals surface area contributed by atoms with Crippen molar-refractivity contribution in [1.82, 2.24) is 5.32 Å². The van der Waals surface area contributed by atoms with E-state index in [0.29, 0.717) is 28.9 Å². The molecule has 0 radical (unpaired) electrons. The first-order valence-electron chi connectivity index (χ1n) is 5.61. The molecule has 0 amide bonds. The van der Waals surface area contributed by atoms with E-state index in [-0.39, 0.29) is 11.9 Å². The van der Waals surface area contributed by atoms with E-state index < -0.39 is 5.82 Å². The second kappa shape index (κ2) is 5.86. The van der Waals surface area contributed by atoms with Gasteiger partial charge in [-0.05, 0) is 6.07 Å². The van der Waals surface area contributed by atoms with E-state index in [9.17, 15) is 4.39 Å². The summed E-state index contributed by atoms with van der Waals surface area (Å²) in [6, 6.07) is 1.69. The third-order valence-electron chi connectivity index (χ3n) is 2.85. The molecule has 1 aliphatic rings. The number of benzene rings is 1. The number of hydrogen-bond donors (Lipinski definition) is 1. The number of hydrogen-bond acceptors (Lipinski definition) is 4. The van der Waals surface area contributed by atoms with Crippen LogP contribution in [0.2, 0.25) is 0 Å². The Morgan fingerprint density at radius 3 is 2.78 bits per heavy atom. The van der Waals surface area contributed by atoms with E-state index in [1.165, 1.54) is 14.2 Å². The van der Waals surface area contributed by atoms with E-state index in [1.54, 1.807) is 6.07 Å². The molecular formula is C12H15BrFNO3. The molecule has 1 N–H and O–H groups in total. The molecule has 0 aliphatic carbocycles. The molecule has 18 heavy (non-hydrogen) atoms. The summed E-state index contributed by atoms with van der Waals surface area (Å²) in [5.74, 6) is 0.0108. The number of nitrogens with one attached hydrogen (secondary N) is 1. The van der Waals surface area contributed by atoms with Gasteiger partial charge in [-0.15, -0.1) is 0 Å². The topological polar surface area (TPSA) is 39.7 Å². The van der Waals surface area contributed by atoms with E-state index in [0.717, 1.165) is 6.54 Å². The van der Waals surface area contributed by atoms with Gasteiger partial charge in [0.05, 0.1) is 26.9 Å². The zero-order chi connectivity index (χ0) is 13.1. The van der Waals surface area contributed by atoms with Crippen LogP contribution in [0.4, 0.5) is 4.39 Å². The highest BCUT2D eigenvalue weighted by molar-refractivity contribution is 9.10. The van der Waals surface area contributed by atoms with E-state index in [2.05, 4.69) is 21.2 Å². The van der Waals surface area contributed by atoms with Crippen LogP contribution in [0.1, 0.15) is 11.7 Å². The van der Waals surface area contributed by atoms with Gasteiger partial charge in [-0.3, -0.25) is 0 Å². The molecule has 4 nitrogen and oxygen atoms in total. The molecule has 1 saturated heterocycles. The van der Waals surface area contributed by atoms with Crippen molar-refractivity contribution in [2.24, 2.45) is 0 Å². The summed E-state index contributed by atoms with van der Waals surface area (Å²) in [4.78, 5) is 0. The van der Waals surface area contributed by atoms with E-state index in [4.69, 9.17) is 14.2 Å². The summed E-state index contributed by atoms with van der Waals surface area (Å²) in [7, 11) is 2.89. The molecule has 0 bridgehead atoms. The Labute approximate surface area is 114 Å². The zero-order valence-electron chi connectivity index (χ0n) is 10.3. The molecule has 0 spiro atoms. The highest BCUT2D eigenvalue weighted by atomic mass is 79.9. The van der Waals surface area contributed by atoms with Gasteiger partial charge in [-0.25, -0.2) is 4.39 Å². The number of halogens is 2. The van der Waals surface area contributed by atoms with Gasteiger partial charge in [0.1, 0.15) is 0 Å². The second-order valence-corrected chi connectivity index (χ2v) is 4.74. The fourth-order valence-electron chi connectivity index (χ4n) is 1.98. The quantitative estimate of drug-likeness (QED) is 0.927. The molecule has 1 aromatic rings. The molecule has 6 heteroatoms. The van der Waals surface area contributed by atoms with Crippen molar-refractivity contribution in [3.8, 4) is 11.5 Å². The Morgan fingerprint density at radius 1 is 1.44 bits per heavy atom. The smallest absolute Gasteiger partial charge is 0.197 e. The molecule has 100 valence electrons. The van der Waals surface area contributed by atoms with Crippen molar-refractivity contribution < 1.29 is 18.6 Å². The van der Waals surface area contributed by atoms with Gasteiger partial charge in [-0.1, -0.05) is 15.9 Å². The van der Waals surface area contributed by atoms with Crippen molar-refractivity contribution in [2.75, 3.05) is 33.9 Å². The molecule has 1 aliphatic heterocycles.